The number of aromatic nitrogens is 1. The maximum absolute atomic E-state index is 15.7. The molecule has 1 amide bonds. The number of alkyl halides is 1. The maximum atomic E-state index is 15.7. The van der Waals surface area contributed by atoms with Crippen LogP contribution in [-0.2, 0) is 11.3 Å². The molecular weight excluding hydrogens is 475 g/mol. The van der Waals surface area contributed by atoms with Crippen molar-refractivity contribution in [3.05, 3.63) is 75.6 Å². The van der Waals surface area contributed by atoms with Crippen molar-refractivity contribution in [1.82, 2.24) is 9.47 Å². The number of rotatable bonds is 6. The number of hydrogen-bond donors (Lipinski definition) is 1. The highest BCUT2D eigenvalue weighted by Crippen LogP contribution is 2.31. The molecule has 2 aromatic carbocycles. The predicted molar refractivity (Wildman–Crippen MR) is 130 cm³/mol. The van der Waals surface area contributed by atoms with Gasteiger partial charge in [-0.25, -0.2) is 13.2 Å². The van der Waals surface area contributed by atoms with Gasteiger partial charge >= 0.3 is 0 Å². The lowest BCUT2D eigenvalue weighted by atomic mass is 10.0. The smallest absolute Gasteiger partial charge is 0.219 e. The summed E-state index contributed by atoms with van der Waals surface area (Å²) in [5, 5.41) is 9.00. The second-order valence-electron chi connectivity index (χ2n) is 8.45. The average Bonchev–Trinajstić information content (AvgIpc) is 2.85. The average molecular weight is 499 g/mol. The Balaban J connectivity index is 1.77. The minimum atomic E-state index is -1.02. The molecule has 10 heteroatoms. The molecule has 1 saturated heterocycles. The van der Waals surface area contributed by atoms with Crippen molar-refractivity contribution in [2.24, 2.45) is 0 Å². The SMILES string of the molecule is CC(=O)N1CCN(c2c(F)cc3c(=O)c(C(=O)/C=C/c4ccc(O)cc4)cn(CCF)c3c2F)CC1. The van der Waals surface area contributed by atoms with Gasteiger partial charge in [0.15, 0.2) is 11.6 Å². The van der Waals surface area contributed by atoms with Crippen LogP contribution in [0.3, 0.4) is 0 Å². The molecule has 1 N–H and O–H groups in total. The molecule has 0 atom stereocenters. The van der Waals surface area contributed by atoms with Crippen LogP contribution >= 0.6 is 0 Å². The molecule has 1 aromatic heterocycles. The second-order valence-corrected chi connectivity index (χ2v) is 8.45. The van der Waals surface area contributed by atoms with Gasteiger partial charge in [-0.3, -0.25) is 14.4 Å². The van der Waals surface area contributed by atoms with E-state index in [1.165, 1.54) is 30.0 Å². The number of hydrogen-bond acceptors (Lipinski definition) is 5. The molecule has 36 heavy (non-hydrogen) atoms. The topological polar surface area (TPSA) is 82.8 Å². The van der Waals surface area contributed by atoms with Crippen LogP contribution in [0.5, 0.6) is 5.75 Å². The quantitative estimate of drug-likeness (QED) is 0.415. The monoisotopic (exact) mass is 499 g/mol. The van der Waals surface area contributed by atoms with Gasteiger partial charge in [-0.05, 0) is 29.8 Å². The number of amides is 1. The number of carbonyl (C=O) groups is 2. The first-order valence-electron chi connectivity index (χ1n) is 11.3. The van der Waals surface area contributed by atoms with Crippen molar-refractivity contribution >= 4 is 34.4 Å². The number of phenols is 1. The fraction of sp³-hybridized carbons (Fsp3) is 0.269. The number of phenolic OH excluding ortho intramolecular Hbond substituents is 1. The van der Waals surface area contributed by atoms with Crippen molar-refractivity contribution in [2.75, 3.05) is 37.8 Å². The van der Waals surface area contributed by atoms with E-state index in [1.807, 2.05) is 0 Å². The number of nitrogens with zero attached hydrogens (tertiary/aromatic N) is 3. The molecule has 188 valence electrons. The van der Waals surface area contributed by atoms with E-state index in [4.69, 9.17) is 0 Å². The van der Waals surface area contributed by atoms with Crippen molar-refractivity contribution in [1.29, 1.82) is 0 Å². The highest BCUT2D eigenvalue weighted by atomic mass is 19.1. The van der Waals surface area contributed by atoms with Crippen LogP contribution in [0.4, 0.5) is 18.9 Å². The first kappa shape index (κ1) is 25.0. The summed E-state index contributed by atoms with van der Waals surface area (Å²) in [6, 6.07) is 6.85. The summed E-state index contributed by atoms with van der Waals surface area (Å²) in [5.41, 5.74) is -1.29. The number of aromatic hydroxyl groups is 1. The van der Waals surface area contributed by atoms with Crippen LogP contribution in [0.2, 0.25) is 0 Å². The summed E-state index contributed by atoms with van der Waals surface area (Å²) in [6.07, 6.45) is 3.65. The van der Waals surface area contributed by atoms with Gasteiger partial charge in [0.25, 0.3) is 0 Å². The Labute approximate surface area is 204 Å². The number of pyridine rings is 1. The molecule has 7 nitrogen and oxygen atoms in total. The molecule has 1 fully saturated rings. The first-order valence-corrected chi connectivity index (χ1v) is 11.3. The normalized spacial score (nSPS) is 14.1. The third-order valence-corrected chi connectivity index (χ3v) is 6.18. The van der Waals surface area contributed by atoms with E-state index in [9.17, 15) is 23.9 Å². The van der Waals surface area contributed by atoms with Crippen LogP contribution in [0.15, 0.2) is 47.4 Å². The van der Waals surface area contributed by atoms with Gasteiger partial charge in [0.05, 0.1) is 23.0 Å². The Hall–Kier alpha value is -4.08. The lowest BCUT2D eigenvalue weighted by molar-refractivity contribution is -0.129. The number of benzene rings is 2. The molecule has 0 aliphatic carbocycles. The van der Waals surface area contributed by atoms with Gasteiger partial charge in [0, 0.05) is 39.3 Å². The molecule has 0 radical (unpaired) electrons. The molecule has 4 rings (SSSR count). The van der Waals surface area contributed by atoms with Crippen molar-refractivity contribution in [3.8, 4) is 5.75 Å². The molecule has 0 spiro atoms. The summed E-state index contributed by atoms with van der Waals surface area (Å²) in [6.45, 7) is 1.10. The zero-order valence-electron chi connectivity index (χ0n) is 19.5. The summed E-state index contributed by atoms with van der Waals surface area (Å²) in [7, 11) is 0. The second kappa shape index (κ2) is 10.3. The Morgan fingerprint density at radius 3 is 2.36 bits per heavy atom. The van der Waals surface area contributed by atoms with Gasteiger partial charge < -0.3 is 19.5 Å². The van der Waals surface area contributed by atoms with Gasteiger partial charge in [-0.2, -0.15) is 0 Å². The van der Waals surface area contributed by atoms with Crippen LogP contribution in [0.25, 0.3) is 17.0 Å². The highest BCUT2D eigenvalue weighted by Gasteiger charge is 2.27. The van der Waals surface area contributed by atoms with Crippen LogP contribution in [0, 0.1) is 11.6 Å². The van der Waals surface area contributed by atoms with Crippen LogP contribution in [0.1, 0.15) is 22.8 Å². The van der Waals surface area contributed by atoms with E-state index in [2.05, 4.69) is 0 Å². The van der Waals surface area contributed by atoms with Crippen molar-refractivity contribution in [2.45, 2.75) is 13.5 Å². The largest absolute Gasteiger partial charge is 0.508 e. The summed E-state index contributed by atoms with van der Waals surface area (Å²) in [4.78, 5) is 40.5. The molecule has 0 unspecified atom stereocenters. The Morgan fingerprint density at radius 2 is 1.75 bits per heavy atom. The molecule has 3 aromatic rings. The summed E-state index contributed by atoms with van der Waals surface area (Å²) in [5.74, 6) is -2.81. The molecule has 2 heterocycles. The van der Waals surface area contributed by atoms with E-state index in [0.29, 0.717) is 5.56 Å². The minimum Gasteiger partial charge on any atom is -0.508 e. The predicted octanol–water partition coefficient (Wildman–Crippen LogP) is 3.52. The standard InChI is InChI=1S/C26H24F3N3O4/c1-16(33)30-10-12-31(13-11-30)25-21(28)14-19-24(23(25)29)32(9-8-27)15-20(26(19)36)22(35)7-4-17-2-5-18(34)6-3-17/h2-7,14-15,34H,8-13H2,1H3/b7-4+. The number of piperazine rings is 1. The van der Waals surface area contributed by atoms with Crippen molar-refractivity contribution in [3.63, 3.8) is 0 Å². The fourth-order valence-electron chi connectivity index (χ4n) is 4.30. The van der Waals surface area contributed by atoms with E-state index in [1.54, 1.807) is 17.0 Å². The Morgan fingerprint density at radius 1 is 1.08 bits per heavy atom. The Kier molecular flexibility index (Phi) is 7.14. The van der Waals surface area contributed by atoms with E-state index < -0.39 is 29.5 Å². The highest BCUT2D eigenvalue weighted by molar-refractivity contribution is 6.08. The first-order chi connectivity index (χ1) is 17.2. The lowest BCUT2D eigenvalue weighted by Crippen LogP contribution is -2.48. The lowest BCUT2D eigenvalue weighted by Gasteiger charge is -2.36. The van der Waals surface area contributed by atoms with E-state index in [0.717, 1.165) is 22.9 Å². The van der Waals surface area contributed by atoms with Gasteiger partial charge in [-0.1, -0.05) is 18.2 Å². The maximum Gasteiger partial charge on any atom is 0.219 e. The summed E-state index contributed by atoms with van der Waals surface area (Å²) >= 11 is 0. The zero-order chi connectivity index (χ0) is 26.0. The number of ketones is 1. The third-order valence-electron chi connectivity index (χ3n) is 6.18. The number of anilines is 1. The number of carbonyl (C=O) groups excluding carboxylic acids is 2. The number of fused-ring (bicyclic) bond motifs is 1. The molecule has 0 saturated carbocycles. The molecule has 1 aliphatic rings. The van der Waals surface area contributed by atoms with Gasteiger partial charge in [0.2, 0.25) is 11.3 Å². The molecule has 0 bridgehead atoms. The van der Waals surface area contributed by atoms with Crippen molar-refractivity contribution < 1.29 is 27.9 Å². The molecular formula is C26H24F3N3O4. The number of allylic oxidation sites excluding steroid dienone is 1. The Bertz CT molecular complexity index is 1410. The van der Waals surface area contributed by atoms with Crippen LogP contribution < -0.4 is 10.3 Å². The number of aryl methyl sites for hydroxylation is 1. The fourth-order valence-corrected chi connectivity index (χ4v) is 4.30. The van der Waals surface area contributed by atoms with Gasteiger partial charge in [-0.15, -0.1) is 0 Å². The van der Waals surface area contributed by atoms with E-state index >= 15 is 8.78 Å². The van der Waals surface area contributed by atoms with E-state index in [-0.39, 0.29) is 66.5 Å². The minimum absolute atomic E-state index is 0.0475. The van der Waals surface area contributed by atoms with Gasteiger partial charge in [0.1, 0.15) is 23.9 Å². The molecule has 1 aliphatic heterocycles. The number of halogens is 3. The summed E-state index contributed by atoms with van der Waals surface area (Å²) < 4.78 is 45.3. The third kappa shape index (κ3) is 4.84. The zero-order valence-corrected chi connectivity index (χ0v) is 19.5. The van der Waals surface area contributed by atoms with Crippen LogP contribution in [-0.4, -0.2) is 59.1 Å².